The Morgan fingerprint density at radius 3 is 2.74 bits per heavy atom. The average Bonchev–Trinajstić information content (AvgIpc) is 2.97. The van der Waals surface area contributed by atoms with Crippen LogP contribution in [0.3, 0.4) is 0 Å². The molecule has 2 aromatic rings. The fourth-order valence-electron chi connectivity index (χ4n) is 2.43. The van der Waals surface area contributed by atoms with Crippen molar-refractivity contribution in [3.8, 4) is 5.75 Å². The van der Waals surface area contributed by atoms with Gasteiger partial charge in [0, 0.05) is 16.5 Å². The number of rotatable bonds is 7. The topological polar surface area (TPSA) is 41.6 Å². The molecular formula is C18H24N2O2S. The molecular weight excluding hydrogens is 308 g/mol. The van der Waals surface area contributed by atoms with Crippen molar-refractivity contribution in [2.45, 2.75) is 26.4 Å². The zero-order valence-corrected chi connectivity index (χ0v) is 14.9. The van der Waals surface area contributed by atoms with Crippen molar-refractivity contribution < 1.29 is 9.53 Å². The van der Waals surface area contributed by atoms with E-state index in [1.54, 1.807) is 18.4 Å². The van der Waals surface area contributed by atoms with Crippen LogP contribution in [-0.4, -0.2) is 31.5 Å². The van der Waals surface area contributed by atoms with E-state index >= 15 is 0 Å². The number of aryl methyl sites for hydroxylation is 1. The second kappa shape index (κ2) is 8.13. The summed E-state index contributed by atoms with van der Waals surface area (Å²) in [6.45, 7) is 5.09. The Hall–Kier alpha value is -1.85. The van der Waals surface area contributed by atoms with E-state index in [9.17, 15) is 4.79 Å². The van der Waals surface area contributed by atoms with E-state index in [-0.39, 0.29) is 11.9 Å². The van der Waals surface area contributed by atoms with E-state index in [2.05, 4.69) is 25.2 Å². The van der Waals surface area contributed by atoms with Crippen molar-refractivity contribution in [3.63, 3.8) is 0 Å². The third-order valence-electron chi connectivity index (χ3n) is 4.06. The van der Waals surface area contributed by atoms with Crippen molar-refractivity contribution >= 4 is 17.2 Å². The highest BCUT2D eigenvalue weighted by molar-refractivity contribution is 7.10. The third-order valence-corrected chi connectivity index (χ3v) is 5.08. The van der Waals surface area contributed by atoms with Gasteiger partial charge in [0.1, 0.15) is 5.75 Å². The molecule has 4 nitrogen and oxygen atoms in total. The van der Waals surface area contributed by atoms with E-state index in [0.29, 0.717) is 13.1 Å². The first-order valence-electron chi connectivity index (χ1n) is 7.65. The standard InChI is InChI=1S/C18H24N2O2S/c1-13-9-10-23-17(13)11-19-18(21)12-20(3)14(2)15-7-5-6-8-16(15)22-4/h5-10,14H,11-12H2,1-4H3,(H,19,21). The van der Waals surface area contributed by atoms with Gasteiger partial charge in [0.05, 0.1) is 20.2 Å². The summed E-state index contributed by atoms with van der Waals surface area (Å²) < 4.78 is 5.41. The molecule has 0 radical (unpaired) electrons. The molecule has 1 N–H and O–H groups in total. The van der Waals surface area contributed by atoms with E-state index in [1.165, 1.54) is 10.4 Å². The van der Waals surface area contributed by atoms with E-state index in [0.717, 1.165) is 11.3 Å². The van der Waals surface area contributed by atoms with Crippen LogP contribution in [0.25, 0.3) is 0 Å². The normalized spacial score (nSPS) is 12.2. The molecule has 0 bridgehead atoms. The number of hydrogen-bond donors (Lipinski definition) is 1. The zero-order valence-electron chi connectivity index (χ0n) is 14.1. The Labute approximate surface area is 142 Å². The lowest BCUT2D eigenvalue weighted by molar-refractivity contribution is -0.122. The molecule has 0 aliphatic heterocycles. The molecule has 5 heteroatoms. The number of benzene rings is 1. The average molecular weight is 332 g/mol. The Kier molecular flexibility index (Phi) is 6.19. The number of thiophene rings is 1. The number of carbonyl (C=O) groups excluding carboxylic acids is 1. The highest BCUT2D eigenvalue weighted by Crippen LogP contribution is 2.27. The van der Waals surface area contributed by atoms with Crippen LogP contribution in [0.2, 0.25) is 0 Å². The minimum Gasteiger partial charge on any atom is -0.496 e. The first-order valence-corrected chi connectivity index (χ1v) is 8.53. The van der Waals surface area contributed by atoms with Crippen molar-refractivity contribution in [1.29, 1.82) is 0 Å². The summed E-state index contributed by atoms with van der Waals surface area (Å²) >= 11 is 1.67. The second-order valence-electron chi connectivity index (χ2n) is 5.64. The number of carbonyl (C=O) groups is 1. The predicted molar refractivity (Wildman–Crippen MR) is 94.9 cm³/mol. The Balaban J connectivity index is 1.91. The number of likely N-dealkylation sites (N-methyl/N-ethyl adjacent to an activating group) is 1. The molecule has 23 heavy (non-hydrogen) atoms. The molecule has 0 saturated carbocycles. The van der Waals surface area contributed by atoms with Gasteiger partial charge in [-0.05, 0) is 44.0 Å². The number of methoxy groups -OCH3 is 1. The van der Waals surface area contributed by atoms with Crippen LogP contribution in [0.4, 0.5) is 0 Å². The van der Waals surface area contributed by atoms with E-state index in [1.807, 2.05) is 41.6 Å². The Morgan fingerprint density at radius 1 is 1.35 bits per heavy atom. The first kappa shape index (κ1) is 17.5. The Morgan fingerprint density at radius 2 is 2.09 bits per heavy atom. The van der Waals surface area contributed by atoms with Gasteiger partial charge < -0.3 is 10.1 Å². The number of amides is 1. The Bertz CT molecular complexity index is 654. The molecule has 1 aromatic carbocycles. The van der Waals surface area contributed by atoms with Gasteiger partial charge in [0.15, 0.2) is 0 Å². The van der Waals surface area contributed by atoms with Crippen LogP contribution >= 0.6 is 11.3 Å². The van der Waals surface area contributed by atoms with E-state index in [4.69, 9.17) is 4.74 Å². The monoisotopic (exact) mass is 332 g/mol. The van der Waals surface area contributed by atoms with Crippen LogP contribution in [0.15, 0.2) is 35.7 Å². The molecule has 124 valence electrons. The smallest absolute Gasteiger partial charge is 0.234 e. The summed E-state index contributed by atoms with van der Waals surface area (Å²) in [6, 6.07) is 10.1. The fraction of sp³-hybridized carbons (Fsp3) is 0.389. The van der Waals surface area contributed by atoms with Crippen LogP contribution < -0.4 is 10.1 Å². The van der Waals surface area contributed by atoms with Crippen LogP contribution in [0.1, 0.15) is 29.0 Å². The van der Waals surface area contributed by atoms with Crippen molar-refractivity contribution in [2.75, 3.05) is 20.7 Å². The number of nitrogens with zero attached hydrogens (tertiary/aromatic N) is 1. The fourth-order valence-corrected chi connectivity index (χ4v) is 3.28. The van der Waals surface area contributed by atoms with Gasteiger partial charge in [-0.25, -0.2) is 0 Å². The van der Waals surface area contributed by atoms with Crippen LogP contribution in [-0.2, 0) is 11.3 Å². The quantitative estimate of drug-likeness (QED) is 0.845. The number of nitrogens with one attached hydrogen (secondary N) is 1. The third kappa shape index (κ3) is 4.56. The lowest BCUT2D eigenvalue weighted by atomic mass is 10.1. The summed E-state index contributed by atoms with van der Waals surface area (Å²) in [4.78, 5) is 15.4. The molecule has 1 aromatic heterocycles. The number of hydrogen-bond acceptors (Lipinski definition) is 4. The maximum Gasteiger partial charge on any atom is 0.234 e. The molecule has 0 saturated heterocycles. The van der Waals surface area contributed by atoms with Crippen molar-refractivity contribution in [1.82, 2.24) is 10.2 Å². The summed E-state index contributed by atoms with van der Waals surface area (Å²) in [7, 11) is 3.62. The largest absolute Gasteiger partial charge is 0.496 e. The molecule has 1 heterocycles. The molecule has 0 fully saturated rings. The number of para-hydroxylation sites is 1. The van der Waals surface area contributed by atoms with E-state index < -0.39 is 0 Å². The molecule has 1 amide bonds. The summed E-state index contributed by atoms with van der Waals surface area (Å²) in [5, 5.41) is 5.04. The SMILES string of the molecule is COc1ccccc1C(C)N(C)CC(=O)NCc1sccc1C. The summed E-state index contributed by atoms with van der Waals surface area (Å²) in [5.74, 6) is 0.878. The van der Waals surface area contributed by atoms with Gasteiger partial charge in [0.25, 0.3) is 0 Å². The number of ether oxygens (including phenoxy) is 1. The maximum atomic E-state index is 12.2. The second-order valence-corrected chi connectivity index (χ2v) is 6.64. The van der Waals surface area contributed by atoms with Crippen molar-refractivity contribution in [3.05, 3.63) is 51.7 Å². The molecule has 1 unspecified atom stereocenters. The zero-order chi connectivity index (χ0) is 16.8. The van der Waals surface area contributed by atoms with Gasteiger partial charge >= 0.3 is 0 Å². The van der Waals surface area contributed by atoms with Gasteiger partial charge in [-0.15, -0.1) is 11.3 Å². The minimum atomic E-state index is 0.0297. The van der Waals surface area contributed by atoms with Gasteiger partial charge in [-0.3, -0.25) is 9.69 Å². The molecule has 0 aliphatic rings. The first-order chi connectivity index (χ1) is 11.0. The molecule has 0 aliphatic carbocycles. The lowest BCUT2D eigenvalue weighted by Crippen LogP contribution is -2.36. The highest BCUT2D eigenvalue weighted by atomic mass is 32.1. The summed E-state index contributed by atoms with van der Waals surface area (Å²) in [5.41, 5.74) is 2.31. The van der Waals surface area contributed by atoms with Gasteiger partial charge in [-0.1, -0.05) is 18.2 Å². The summed E-state index contributed by atoms with van der Waals surface area (Å²) in [6.07, 6.45) is 0. The minimum absolute atomic E-state index is 0.0297. The molecule has 2 rings (SSSR count). The lowest BCUT2D eigenvalue weighted by Gasteiger charge is -2.25. The maximum absolute atomic E-state index is 12.2. The van der Waals surface area contributed by atoms with Crippen LogP contribution in [0.5, 0.6) is 5.75 Å². The molecule has 1 atom stereocenters. The van der Waals surface area contributed by atoms with Crippen LogP contribution in [0, 0.1) is 6.92 Å². The van der Waals surface area contributed by atoms with Gasteiger partial charge in [0.2, 0.25) is 5.91 Å². The van der Waals surface area contributed by atoms with Crippen molar-refractivity contribution in [2.24, 2.45) is 0 Å². The predicted octanol–water partition coefficient (Wildman–Crippen LogP) is 3.37. The van der Waals surface area contributed by atoms with Gasteiger partial charge in [-0.2, -0.15) is 0 Å². The highest BCUT2D eigenvalue weighted by Gasteiger charge is 2.18. The molecule has 0 spiro atoms.